The van der Waals surface area contributed by atoms with E-state index in [0.29, 0.717) is 19.6 Å². The molecule has 1 saturated heterocycles. The quantitative estimate of drug-likeness (QED) is 0.824. The summed E-state index contributed by atoms with van der Waals surface area (Å²) < 4.78 is 5.41. The molecule has 4 rings (SSSR count). The zero-order valence-corrected chi connectivity index (χ0v) is 15.8. The molecular formula is C23H24N2O3. The average Bonchev–Trinajstić information content (AvgIpc) is 2.76. The zero-order chi connectivity index (χ0) is 19.3. The van der Waals surface area contributed by atoms with E-state index in [1.807, 2.05) is 53.4 Å². The van der Waals surface area contributed by atoms with Gasteiger partial charge in [0.1, 0.15) is 12.6 Å². The van der Waals surface area contributed by atoms with Gasteiger partial charge in [0.15, 0.2) is 0 Å². The smallest absolute Gasteiger partial charge is 0.249 e. The number of hydrogen-bond donors (Lipinski definition) is 0. The van der Waals surface area contributed by atoms with Crippen molar-refractivity contribution in [2.24, 2.45) is 0 Å². The summed E-state index contributed by atoms with van der Waals surface area (Å²) in [6.07, 6.45) is 2.93. The number of nitrogens with zero attached hydrogens (tertiary/aromatic N) is 2. The average molecular weight is 376 g/mol. The Kier molecular flexibility index (Phi) is 5.53. The van der Waals surface area contributed by atoms with Gasteiger partial charge < -0.3 is 14.5 Å². The predicted octanol–water partition coefficient (Wildman–Crippen LogP) is 2.73. The van der Waals surface area contributed by atoms with Gasteiger partial charge in [0.05, 0.1) is 6.61 Å². The lowest BCUT2D eigenvalue weighted by Gasteiger charge is -2.38. The van der Waals surface area contributed by atoms with Crippen molar-refractivity contribution in [1.82, 2.24) is 9.80 Å². The number of hydrogen-bond acceptors (Lipinski definition) is 3. The Morgan fingerprint density at radius 2 is 1.75 bits per heavy atom. The largest absolute Gasteiger partial charge is 0.369 e. The molecule has 5 heteroatoms. The van der Waals surface area contributed by atoms with E-state index in [-0.39, 0.29) is 25.0 Å². The summed E-state index contributed by atoms with van der Waals surface area (Å²) >= 11 is 0. The third-order valence-corrected chi connectivity index (χ3v) is 5.34. The first kappa shape index (κ1) is 18.4. The van der Waals surface area contributed by atoms with Crippen LogP contribution in [-0.2, 0) is 20.9 Å². The summed E-state index contributed by atoms with van der Waals surface area (Å²) in [6, 6.07) is 19.5. The van der Waals surface area contributed by atoms with Gasteiger partial charge in [-0.05, 0) is 23.1 Å². The van der Waals surface area contributed by atoms with E-state index >= 15 is 0 Å². The summed E-state index contributed by atoms with van der Waals surface area (Å²) in [6.45, 7) is 1.94. The van der Waals surface area contributed by atoms with Crippen molar-refractivity contribution in [1.29, 1.82) is 0 Å². The lowest BCUT2D eigenvalue weighted by atomic mass is 9.99. The monoisotopic (exact) mass is 376 g/mol. The van der Waals surface area contributed by atoms with Crippen LogP contribution in [0.1, 0.15) is 17.5 Å². The molecule has 1 fully saturated rings. The Morgan fingerprint density at radius 1 is 1.04 bits per heavy atom. The van der Waals surface area contributed by atoms with Gasteiger partial charge in [-0.15, -0.1) is 0 Å². The van der Waals surface area contributed by atoms with Gasteiger partial charge in [0.2, 0.25) is 11.8 Å². The minimum Gasteiger partial charge on any atom is -0.369 e. The van der Waals surface area contributed by atoms with Crippen LogP contribution in [0, 0.1) is 0 Å². The van der Waals surface area contributed by atoms with E-state index in [9.17, 15) is 9.59 Å². The fraction of sp³-hybridized carbons (Fsp3) is 0.304. The first-order valence-corrected chi connectivity index (χ1v) is 9.67. The summed E-state index contributed by atoms with van der Waals surface area (Å²) in [4.78, 5) is 29.1. The Labute approximate surface area is 165 Å². The van der Waals surface area contributed by atoms with E-state index in [1.165, 1.54) is 11.1 Å². The van der Waals surface area contributed by atoms with Crippen LogP contribution in [0.25, 0.3) is 5.57 Å². The van der Waals surface area contributed by atoms with Gasteiger partial charge in [-0.1, -0.05) is 66.7 Å². The minimum atomic E-state index is -0.562. The Morgan fingerprint density at radius 3 is 2.43 bits per heavy atom. The van der Waals surface area contributed by atoms with E-state index in [0.717, 1.165) is 12.0 Å². The second-order valence-electron chi connectivity index (χ2n) is 7.17. The summed E-state index contributed by atoms with van der Waals surface area (Å²) in [5.74, 6) is -0.168. The minimum absolute atomic E-state index is 0.0349. The van der Waals surface area contributed by atoms with Gasteiger partial charge in [0, 0.05) is 19.6 Å². The van der Waals surface area contributed by atoms with Crippen molar-refractivity contribution in [3.63, 3.8) is 0 Å². The van der Waals surface area contributed by atoms with Gasteiger partial charge in [-0.25, -0.2) is 0 Å². The van der Waals surface area contributed by atoms with Crippen molar-refractivity contribution in [3.05, 3.63) is 77.9 Å². The molecule has 0 aliphatic carbocycles. The molecule has 2 aliphatic rings. The van der Waals surface area contributed by atoms with Gasteiger partial charge in [-0.2, -0.15) is 0 Å². The third-order valence-electron chi connectivity index (χ3n) is 5.34. The molecule has 0 saturated carbocycles. The number of carbonyl (C=O) groups excluding carboxylic acids is 2. The molecule has 0 spiro atoms. The van der Waals surface area contributed by atoms with Crippen LogP contribution < -0.4 is 0 Å². The third kappa shape index (κ3) is 3.99. The topological polar surface area (TPSA) is 49.9 Å². The maximum Gasteiger partial charge on any atom is 0.249 e. The molecular weight excluding hydrogens is 352 g/mol. The molecule has 0 aromatic heterocycles. The number of benzene rings is 2. The van der Waals surface area contributed by atoms with E-state index in [4.69, 9.17) is 4.74 Å². The molecule has 2 aliphatic heterocycles. The Hall–Kier alpha value is -2.92. The molecule has 1 atom stereocenters. The highest BCUT2D eigenvalue weighted by Crippen LogP contribution is 2.23. The molecule has 2 aromatic carbocycles. The van der Waals surface area contributed by atoms with Crippen LogP contribution in [0.3, 0.4) is 0 Å². The van der Waals surface area contributed by atoms with Crippen molar-refractivity contribution in [2.75, 3.05) is 26.3 Å². The number of morpholine rings is 1. The highest BCUT2D eigenvalue weighted by atomic mass is 16.5. The van der Waals surface area contributed by atoms with Crippen molar-refractivity contribution in [2.45, 2.75) is 19.0 Å². The predicted molar refractivity (Wildman–Crippen MR) is 107 cm³/mol. The first-order chi connectivity index (χ1) is 13.7. The molecule has 0 unspecified atom stereocenters. The Balaban J connectivity index is 1.47. The fourth-order valence-corrected chi connectivity index (χ4v) is 3.78. The zero-order valence-electron chi connectivity index (χ0n) is 15.8. The molecule has 5 nitrogen and oxygen atoms in total. The van der Waals surface area contributed by atoms with E-state index in [2.05, 4.69) is 18.2 Å². The number of amides is 2. The summed E-state index contributed by atoms with van der Waals surface area (Å²) in [5.41, 5.74) is 3.48. The standard InChI is InChI=1S/C23H24N2O3/c26-22-17-28-16-21(25(22)15-18-7-3-1-4-8-18)23(27)24-13-11-20(12-14-24)19-9-5-2-6-10-19/h1-11,21H,12-17H2/t21-/m0/s1. The second-order valence-corrected chi connectivity index (χ2v) is 7.17. The number of ether oxygens (including phenoxy) is 1. The maximum atomic E-state index is 13.2. The van der Waals surface area contributed by atoms with Crippen LogP contribution >= 0.6 is 0 Å². The number of carbonyl (C=O) groups is 2. The normalized spacial score (nSPS) is 20.1. The lowest BCUT2D eigenvalue weighted by molar-refractivity contribution is -0.159. The van der Waals surface area contributed by atoms with Crippen molar-refractivity contribution >= 4 is 17.4 Å². The molecule has 2 aromatic rings. The lowest BCUT2D eigenvalue weighted by Crippen LogP contribution is -2.57. The van der Waals surface area contributed by atoms with Crippen molar-refractivity contribution < 1.29 is 14.3 Å². The Bertz CT molecular complexity index is 864. The van der Waals surface area contributed by atoms with Crippen LogP contribution in [0.15, 0.2) is 66.7 Å². The van der Waals surface area contributed by atoms with Crippen LogP contribution in [0.2, 0.25) is 0 Å². The summed E-state index contributed by atoms with van der Waals surface area (Å²) in [7, 11) is 0. The van der Waals surface area contributed by atoms with Crippen LogP contribution in [0.4, 0.5) is 0 Å². The van der Waals surface area contributed by atoms with Gasteiger partial charge in [-0.3, -0.25) is 9.59 Å². The second kappa shape index (κ2) is 8.40. The van der Waals surface area contributed by atoms with Gasteiger partial charge >= 0.3 is 0 Å². The van der Waals surface area contributed by atoms with E-state index in [1.54, 1.807) is 4.90 Å². The van der Waals surface area contributed by atoms with Gasteiger partial charge in [0.25, 0.3) is 0 Å². The van der Waals surface area contributed by atoms with Crippen molar-refractivity contribution in [3.8, 4) is 0 Å². The molecule has 28 heavy (non-hydrogen) atoms. The molecule has 144 valence electrons. The summed E-state index contributed by atoms with van der Waals surface area (Å²) in [5, 5.41) is 0. The maximum absolute atomic E-state index is 13.2. The molecule has 2 amide bonds. The first-order valence-electron chi connectivity index (χ1n) is 9.67. The fourth-order valence-electron chi connectivity index (χ4n) is 3.78. The SMILES string of the molecule is O=C([C@@H]1COCC(=O)N1Cc1ccccc1)N1CC=C(c2ccccc2)CC1. The van der Waals surface area contributed by atoms with Crippen LogP contribution in [0.5, 0.6) is 0 Å². The molecule has 0 radical (unpaired) electrons. The van der Waals surface area contributed by atoms with E-state index < -0.39 is 6.04 Å². The molecule has 2 heterocycles. The highest BCUT2D eigenvalue weighted by molar-refractivity contribution is 5.89. The van der Waals surface area contributed by atoms with Crippen LogP contribution in [-0.4, -0.2) is 54.0 Å². The highest BCUT2D eigenvalue weighted by Gasteiger charge is 2.36. The molecule has 0 N–H and O–H groups in total. The molecule has 0 bridgehead atoms. The number of rotatable bonds is 4.